The Morgan fingerprint density at radius 3 is 3.00 bits per heavy atom. The molecule has 1 aliphatic heterocycles. The quantitative estimate of drug-likeness (QED) is 0.412. The Morgan fingerprint density at radius 2 is 2.35 bits per heavy atom. The van der Waals surface area contributed by atoms with E-state index in [9.17, 15) is 9.67 Å². The topological polar surface area (TPSA) is 157 Å². The van der Waals surface area contributed by atoms with Crippen LogP contribution in [0.4, 0.5) is 5.82 Å². The van der Waals surface area contributed by atoms with Gasteiger partial charge >= 0.3 is 7.60 Å². The average molecular weight is 305 g/mol. The SMILES string of the molecule is NC1c2[nH]cnc2N=CN1C[C@@H](CO)OCP(=O)(O)O. The number of aromatic amines is 1. The van der Waals surface area contributed by atoms with E-state index in [0.717, 1.165) is 0 Å². The number of fused-ring (bicyclic) bond motifs is 1. The molecule has 0 aromatic carbocycles. The van der Waals surface area contributed by atoms with Gasteiger partial charge in [-0.2, -0.15) is 0 Å². The van der Waals surface area contributed by atoms with Gasteiger partial charge in [-0.15, -0.1) is 0 Å². The van der Waals surface area contributed by atoms with Gasteiger partial charge in [0.1, 0.15) is 12.5 Å². The predicted octanol–water partition coefficient (Wildman–Crippen LogP) is -1.14. The Hall–Kier alpha value is -1.29. The van der Waals surface area contributed by atoms with Crippen molar-refractivity contribution in [2.75, 3.05) is 19.5 Å². The second-order valence-corrected chi connectivity index (χ2v) is 5.88. The molecule has 0 radical (unpaired) electrons. The number of rotatable bonds is 6. The van der Waals surface area contributed by atoms with Crippen molar-refractivity contribution in [2.24, 2.45) is 10.7 Å². The van der Waals surface area contributed by atoms with E-state index in [-0.39, 0.29) is 6.54 Å². The molecular weight excluding hydrogens is 289 g/mol. The number of H-pyrrole nitrogens is 1. The van der Waals surface area contributed by atoms with Crippen LogP contribution in [0.3, 0.4) is 0 Å². The lowest BCUT2D eigenvalue weighted by Gasteiger charge is -2.31. The molecule has 1 aliphatic rings. The van der Waals surface area contributed by atoms with E-state index in [1.807, 2.05) is 0 Å². The highest BCUT2D eigenvalue weighted by Crippen LogP contribution is 2.34. The first-order chi connectivity index (χ1) is 9.40. The second-order valence-electron chi connectivity index (χ2n) is 4.29. The zero-order chi connectivity index (χ0) is 14.8. The molecule has 1 aromatic heterocycles. The fraction of sp³-hybridized carbons (Fsp3) is 0.556. The second kappa shape index (κ2) is 6.00. The minimum Gasteiger partial charge on any atom is -0.394 e. The summed E-state index contributed by atoms with van der Waals surface area (Å²) in [5, 5.41) is 9.18. The third-order valence-corrected chi connectivity index (χ3v) is 3.21. The number of ether oxygens (including phenoxy) is 1. The molecule has 2 heterocycles. The Kier molecular flexibility index (Phi) is 4.53. The number of aliphatic hydroxyl groups excluding tert-OH is 1. The molecular formula is C9H16N5O5P. The largest absolute Gasteiger partial charge is 0.394 e. The van der Waals surface area contributed by atoms with E-state index in [4.69, 9.17) is 20.3 Å². The Bertz CT molecular complexity index is 529. The molecule has 2 atom stereocenters. The van der Waals surface area contributed by atoms with Gasteiger partial charge in [0, 0.05) is 6.54 Å². The summed E-state index contributed by atoms with van der Waals surface area (Å²) in [6, 6.07) is 0. The van der Waals surface area contributed by atoms with E-state index >= 15 is 0 Å². The third-order valence-electron chi connectivity index (χ3n) is 2.73. The molecule has 0 fully saturated rings. The zero-order valence-electron chi connectivity index (χ0n) is 10.5. The van der Waals surface area contributed by atoms with Crippen molar-refractivity contribution in [3.8, 4) is 0 Å². The fourth-order valence-electron chi connectivity index (χ4n) is 1.75. The van der Waals surface area contributed by atoms with Crippen molar-refractivity contribution >= 4 is 19.8 Å². The van der Waals surface area contributed by atoms with Crippen molar-refractivity contribution in [1.82, 2.24) is 14.9 Å². The molecule has 2 rings (SSSR count). The van der Waals surface area contributed by atoms with Crippen molar-refractivity contribution < 1.29 is 24.2 Å². The summed E-state index contributed by atoms with van der Waals surface area (Å²) in [4.78, 5) is 30.0. The minimum absolute atomic E-state index is 0.139. The highest BCUT2D eigenvalue weighted by atomic mass is 31.2. The summed E-state index contributed by atoms with van der Waals surface area (Å²) in [5.41, 5.74) is 6.62. The molecule has 1 unspecified atom stereocenters. The van der Waals surface area contributed by atoms with Crippen LogP contribution >= 0.6 is 7.60 Å². The number of hydrogen-bond acceptors (Lipinski definition) is 7. The normalized spacial score (nSPS) is 20.0. The number of nitrogens with two attached hydrogens (primary N) is 1. The van der Waals surface area contributed by atoms with Gasteiger partial charge in [-0.05, 0) is 0 Å². The van der Waals surface area contributed by atoms with Crippen LogP contribution in [-0.4, -0.2) is 61.7 Å². The molecule has 0 spiro atoms. The van der Waals surface area contributed by atoms with E-state index in [0.29, 0.717) is 11.5 Å². The number of aromatic nitrogens is 2. The van der Waals surface area contributed by atoms with Crippen LogP contribution < -0.4 is 5.73 Å². The molecule has 0 bridgehead atoms. The lowest BCUT2D eigenvalue weighted by Crippen LogP contribution is -2.42. The molecule has 11 heteroatoms. The lowest BCUT2D eigenvalue weighted by atomic mass is 10.2. The summed E-state index contributed by atoms with van der Waals surface area (Å²) in [6.45, 7) is -0.257. The Labute approximate surface area is 114 Å². The molecule has 1 aromatic rings. The summed E-state index contributed by atoms with van der Waals surface area (Å²) in [6.07, 6.45) is 0.840. The van der Waals surface area contributed by atoms with Gasteiger partial charge in [-0.3, -0.25) is 4.57 Å². The number of hydrogen-bond donors (Lipinski definition) is 5. The first-order valence-electron chi connectivity index (χ1n) is 5.76. The molecule has 0 saturated carbocycles. The smallest absolute Gasteiger partial charge is 0.350 e. The van der Waals surface area contributed by atoms with E-state index in [1.165, 1.54) is 12.7 Å². The van der Waals surface area contributed by atoms with Gasteiger partial charge in [0.05, 0.1) is 31.1 Å². The van der Waals surface area contributed by atoms with E-state index in [1.54, 1.807) is 4.90 Å². The van der Waals surface area contributed by atoms with Crippen molar-refractivity contribution in [1.29, 1.82) is 0 Å². The Morgan fingerprint density at radius 1 is 1.60 bits per heavy atom. The van der Waals surface area contributed by atoms with Crippen LogP contribution in [0.2, 0.25) is 0 Å². The lowest BCUT2D eigenvalue weighted by molar-refractivity contribution is 0.0131. The summed E-state index contributed by atoms with van der Waals surface area (Å²) < 4.78 is 15.7. The third kappa shape index (κ3) is 3.63. The van der Waals surface area contributed by atoms with E-state index in [2.05, 4.69) is 15.0 Å². The van der Waals surface area contributed by atoms with Crippen LogP contribution in [0.5, 0.6) is 0 Å². The summed E-state index contributed by atoms with van der Waals surface area (Å²) >= 11 is 0. The average Bonchev–Trinajstić information content (AvgIpc) is 2.85. The van der Waals surface area contributed by atoms with Crippen LogP contribution in [0.15, 0.2) is 11.3 Å². The molecule has 20 heavy (non-hydrogen) atoms. The van der Waals surface area contributed by atoms with Crippen LogP contribution in [-0.2, 0) is 9.30 Å². The Balaban J connectivity index is 1.97. The van der Waals surface area contributed by atoms with Gasteiger partial charge < -0.3 is 35.2 Å². The number of nitrogens with zero attached hydrogens (tertiary/aromatic N) is 3. The highest BCUT2D eigenvalue weighted by molar-refractivity contribution is 7.51. The highest BCUT2D eigenvalue weighted by Gasteiger charge is 2.26. The van der Waals surface area contributed by atoms with Crippen molar-refractivity contribution in [3.63, 3.8) is 0 Å². The maximum Gasteiger partial charge on any atom is 0.350 e. The van der Waals surface area contributed by atoms with Crippen LogP contribution in [0, 0.1) is 0 Å². The summed E-state index contributed by atoms with van der Waals surface area (Å²) in [5.74, 6) is 0.491. The molecule has 0 amide bonds. The number of imidazole rings is 1. The van der Waals surface area contributed by atoms with Crippen LogP contribution in [0.1, 0.15) is 11.9 Å². The van der Waals surface area contributed by atoms with Gasteiger partial charge in [0.25, 0.3) is 0 Å². The molecule has 0 aliphatic carbocycles. The number of nitrogens with one attached hydrogen (secondary N) is 1. The molecule has 0 saturated heterocycles. The monoisotopic (exact) mass is 305 g/mol. The van der Waals surface area contributed by atoms with Crippen molar-refractivity contribution in [2.45, 2.75) is 12.3 Å². The first-order valence-corrected chi connectivity index (χ1v) is 7.56. The maximum atomic E-state index is 10.7. The zero-order valence-corrected chi connectivity index (χ0v) is 11.3. The summed E-state index contributed by atoms with van der Waals surface area (Å²) in [7, 11) is -4.28. The molecule has 6 N–H and O–H groups in total. The van der Waals surface area contributed by atoms with Gasteiger partial charge in [0.15, 0.2) is 5.82 Å². The minimum atomic E-state index is -4.28. The fourth-order valence-corrected chi connectivity index (χ4v) is 2.15. The van der Waals surface area contributed by atoms with E-state index < -0.39 is 32.8 Å². The first kappa shape index (κ1) is 15.1. The molecule has 10 nitrogen and oxygen atoms in total. The number of aliphatic imine (C=N–C) groups is 1. The van der Waals surface area contributed by atoms with Gasteiger partial charge in [0.2, 0.25) is 0 Å². The standard InChI is InChI=1S/C9H16N5O5P/c10-8-7-9(12-3-11-7)13-4-14(8)1-6(2-15)19-5-20(16,17)18/h3-4,6,8,15H,1-2,5,10H2,(H,11,12)(H2,16,17,18)/t6-,8?/m0/s1. The number of aliphatic hydroxyl groups is 1. The van der Waals surface area contributed by atoms with Gasteiger partial charge in [-0.1, -0.05) is 0 Å². The molecule has 112 valence electrons. The predicted molar refractivity (Wildman–Crippen MR) is 69.2 cm³/mol. The maximum absolute atomic E-state index is 10.7. The van der Waals surface area contributed by atoms with Gasteiger partial charge in [-0.25, -0.2) is 9.98 Å². The van der Waals surface area contributed by atoms with Crippen molar-refractivity contribution in [3.05, 3.63) is 12.0 Å². The van der Waals surface area contributed by atoms with Crippen LogP contribution in [0.25, 0.3) is 0 Å².